The molecule has 10 heteroatoms. The molecular formula is C24H25ClN6O3. The Bertz CT molecular complexity index is 1200. The van der Waals surface area contributed by atoms with Gasteiger partial charge in [-0.2, -0.15) is 4.98 Å². The summed E-state index contributed by atoms with van der Waals surface area (Å²) in [4.78, 5) is 23.8. The lowest BCUT2D eigenvalue weighted by Gasteiger charge is -2.33. The zero-order chi connectivity index (χ0) is 23.5. The molecule has 0 aliphatic carbocycles. The fourth-order valence-corrected chi connectivity index (χ4v) is 4.30. The predicted molar refractivity (Wildman–Crippen MR) is 131 cm³/mol. The molecule has 34 heavy (non-hydrogen) atoms. The van der Waals surface area contributed by atoms with E-state index in [0.717, 1.165) is 41.2 Å². The Labute approximate surface area is 202 Å². The summed E-state index contributed by atoms with van der Waals surface area (Å²) in [5.74, 6) is 1.70. The van der Waals surface area contributed by atoms with E-state index >= 15 is 0 Å². The Morgan fingerprint density at radius 3 is 2.76 bits per heavy atom. The number of piperazine rings is 1. The van der Waals surface area contributed by atoms with E-state index < -0.39 is 6.09 Å². The Morgan fingerprint density at radius 1 is 1.09 bits per heavy atom. The number of rotatable bonds is 2. The molecule has 0 radical (unpaired) electrons. The van der Waals surface area contributed by atoms with Crippen LogP contribution in [-0.4, -0.2) is 63.8 Å². The Hall–Kier alpha value is -3.56. The van der Waals surface area contributed by atoms with Crippen molar-refractivity contribution in [3.63, 3.8) is 0 Å². The molecule has 3 aromatic rings. The average molecular weight is 481 g/mol. The molecule has 1 aromatic heterocycles. The topological polar surface area (TPSA) is 103 Å². The number of carbonyl (C=O) groups is 1. The molecule has 0 spiro atoms. The van der Waals surface area contributed by atoms with Crippen molar-refractivity contribution in [3.8, 4) is 5.75 Å². The van der Waals surface area contributed by atoms with Crippen LogP contribution in [0, 0.1) is 0 Å². The molecule has 2 aromatic carbocycles. The van der Waals surface area contributed by atoms with E-state index in [1.807, 2.05) is 24.3 Å². The average Bonchev–Trinajstić information content (AvgIpc) is 2.81. The highest BCUT2D eigenvalue weighted by Crippen LogP contribution is 2.28. The van der Waals surface area contributed by atoms with Crippen LogP contribution in [0.4, 0.5) is 27.9 Å². The van der Waals surface area contributed by atoms with Crippen LogP contribution in [0.3, 0.4) is 0 Å². The summed E-state index contributed by atoms with van der Waals surface area (Å²) in [7, 11) is 0. The van der Waals surface area contributed by atoms with Gasteiger partial charge in [0, 0.05) is 56.6 Å². The number of carboxylic acid groups (broad SMARTS) is 1. The highest BCUT2D eigenvalue weighted by Gasteiger charge is 2.20. The minimum Gasteiger partial charge on any atom is -0.493 e. The number of hydrogen-bond donors (Lipinski definition) is 3. The van der Waals surface area contributed by atoms with Gasteiger partial charge in [-0.3, -0.25) is 4.90 Å². The number of benzene rings is 2. The van der Waals surface area contributed by atoms with Crippen molar-refractivity contribution in [1.82, 2.24) is 19.8 Å². The molecule has 0 atom stereocenters. The fourth-order valence-electron chi connectivity index (χ4n) is 4.16. The number of nitrogens with one attached hydrogen (secondary N) is 2. The number of anilines is 4. The molecule has 6 bridgehead atoms. The van der Waals surface area contributed by atoms with Gasteiger partial charge in [-0.25, -0.2) is 9.78 Å². The zero-order valence-corrected chi connectivity index (χ0v) is 19.3. The van der Waals surface area contributed by atoms with Crippen LogP contribution in [0.25, 0.3) is 0 Å². The number of fused-ring (bicyclic) bond motifs is 6. The van der Waals surface area contributed by atoms with E-state index in [4.69, 9.17) is 16.3 Å². The van der Waals surface area contributed by atoms with E-state index in [9.17, 15) is 9.90 Å². The lowest BCUT2D eigenvalue weighted by Crippen LogP contribution is -2.47. The van der Waals surface area contributed by atoms with Crippen LogP contribution in [0.15, 0.2) is 48.7 Å². The molecule has 3 N–H and O–H groups in total. The summed E-state index contributed by atoms with van der Waals surface area (Å²) in [6.07, 6.45) is 1.45. The number of aromatic nitrogens is 2. The molecule has 9 nitrogen and oxygen atoms in total. The third kappa shape index (κ3) is 5.32. The molecule has 1 amide bonds. The van der Waals surface area contributed by atoms with Gasteiger partial charge in [0.25, 0.3) is 0 Å². The van der Waals surface area contributed by atoms with E-state index in [1.165, 1.54) is 4.90 Å². The molecule has 2 aliphatic heterocycles. The lowest BCUT2D eigenvalue weighted by atomic mass is 10.1. The van der Waals surface area contributed by atoms with Crippen molar-refractivity contribution >= 4 is 40.8 Å². The molecule has 2 aliphatic rings. The monoisotopic (exact) mass is 480 g/mol. The normalized spacial score (nSPS) is 16.0. The maximum absolute atomic E-state index is 11.2. The molecule has 5 rings (SSSR count). The minimum atomic E-state index is -0.858. The summed E-state index contributed by atoms with van der Waals surface area (Å²) >= 11 is 6.33. The van der Waals surface area contributed by atoms with Crippen LogP contribution >= 0.6 is 11.6 Å². The lowest BCUT2D eigenvalue weighted by molar-refractivity contribution is 0.103. The summed E-state index contributed by atoms with van der Waals surface area (Å²) in [5.41, 5.74) is 3.96. The highest BCUT2D eigenvalue weighted by molar-refractivity contribution is 6.32. The van der Waals surface area contributed by atoms with E-state index in [2.05, 4.69) is 43.7 Å². The van der Waals surface area contributed by atoms with Gasteiger partial charge in [-0.15, -0.1) is 0 Å². The van der Waals surface area contributed by atoms with Gasteiger partial charge in [0.2, 0.25) is 5.95 Å². The quantitative estimate of drug-likeness (QED) is 0.497. The van der Waals surface area contributed by atoms with Gasteiger partial charge in [-0.1, -0.05) is 23.7 Å². The van der Waals surface area contributed by atoms with E-state index in [0.29, 0.717) is 49.6 Å². The molecule has 0 saturated carbocycles. The maximum Gasteiger partial charge on any atom is 0.407 e. The molecule has 176 valence electrons. The maximum atomic E-state index is 11.2. The van der Waals surface area contributed by atoms with Gasteiger partial charge in [-0.05, 0) is 35.4 Å². The first-order valence-electron chi connectivity index (χ1n) is 11.1. The number of hydrogen-bond acceptors (Lipinski definition) is 7. The molecule has 1 fully saturated rings. The van der Waals surface area contributed by atoms with Gasteiger partial charge < -0.3 is 25.4 Å². The fraction of sp³-hybridized carbons (Fsp3) is 0.292. The van der Waals surface area contributed by atoms with Gasteiger partial charge in [0.1, 0.15) is 10.8 Å². The van der Waals surface area contributed by atoms with Gasteiger partial charge in [0.05, 0.1) is 12.8 Å². The molecule has 3 heterocycles. The number of halogens is 1. The van der Waals surface area contributed by atoms with Crippen molar-refractivity contribution < 1.29 is 14.6 Å². The minimum absolute atomic E-state index is 0.416. The summed E-state index contributed by atoms with van der Waals surface area (Å²) in [6, 6.07) is 14.0. The molecule has 1 saturated heterocycles. The first kappa shape index (κ1) is 22.2. The first-order valence-corrected chi connectivity index (χ1v) is 11.5. The standard InChI is InChI=1S/C24H25ClN6O3/c25-21-14-26-23-28-19-11-16(4-9-34-20-3-1-2-18(13-20)27-22(21)29-23)10-17(12-19)15-30-5-7-31(8-6-30)24(32)33/h1-3,10-14H,4-9,15H2,(H,32,33)(H2,26,27,28,29). The van der Waals surface area contributed by atoms with Crippen molar-refractivity contribution in [2.45, 2.75) is 13.0 Å². The second-order valence-electron chi connectivity index (χ2n) is 8.35. The number of nitrogens with zero attached hydrogens (tertiary/aromatic N) is 4. The number of amides is 1. The third-order valence-corrected chi connectivity index (χ3v) is 6.13. The zero-order valence-electron chi connectivity index (χ0n) is 18.5. The Balaban J connectivity index is 1.41. The van der Waals surface area contributed by atoms with E-state index in [-0.39, 0.29) is 0 Å². The summed E-state index contributed by atoms with van der Waals surface area (Å²) < 4.78 is 6.00. The van der Waals surface area contributed by atoms with Crippen LogP contribution in [0.5, 0.6) is 5.75 Å². The predicted octanol–water partition coefficient (Wildman–Crippen LogP) is 4.35. The van der Waals surface area contributed by atoms with Crippen molar-refractivity contribution in [3.05, 3.63) is 64.8 Å². The first-order chi connectivity index (χ1) is 16.5. The van der Waals surface area contributed by atoms with Crippen molar-refractivity contribution in [2.75, 3.05) is 43.4 Å². The largest absolute Gasteiger partial charge is 0.493 e. The third-order valence-electron chi connectivity index (χ3n) is 5.86. The second kappa shape index (κ2) is 9.74. The highest BCUT2D eigenvalue weighted by atomic mass is 35.5. The Kier molecular flexibility index (Phi) is 6.37. The van der Waals surface area contributed by atoms with Crippen molar-refractivity contribution in [2.24, 2.45) is 0 Å². The summed E-state index contributed by atoms with van der Waals surface area (Å²) in [5, 5.41) is 16.1. The van der Waals surface area contributed by atoms with Gasteiger partial charge >= 0.3 is 6.09 Å². The van der Waals surface area contributed by atoms with Crippen LogP contribution in [-0.2, 0) is 13.0 Å². The van der Waals surface area contributed by atoms with Crippen LogP contribution < -0.4 is 15.4 Å². The van der Waals surface area contributed by atoms with E-state index in [1.54, 1.807) is 6.20 Å². The van der Waals surface area contributed by atoms with Crippen molar-refractivity contribution in [1.29, 1.82) is 0 Å². The molecule has 0 unspecified atom stereocenters. The van der Waals surface area contributed by atoms with Gasteiger partial charge in [0.15, 0.2) is 5.82 Å². The number of ether oxygens (including phenoxy) is 1. The van der Waals surface area contributed by atoms with Crippen LogP contribution in [0.1, 0.15) is 11.1 Å². The molecular weight excluding hydrogens is 456 g/mol. The second-order valence-corrected chi connectivity index (χ2v) is 8.76. The SMILES string of the molecule is O=C(O)N1CCN(Cc2cc3cc(c2)Nc2ncc(Cl)c(n2)Nc2cccc(c2)OCC3)CC1. The summed E-state index contributed by atoms with van der Waals surface area (Å²) in [6.45, 7) is 3.70. The smallest absolute Gasteiger partial charge is 0.407 e. The Morgan fingerprint density at radius 2 is 1.94 bits per heavy atom. The van der Waals surface area contributed by atoms with Crippen LogP contribution in [0.2, 0.25) is 5.02 Å².